The molecule has 0 radical (unpaired) electrons. The highest BCUT2D eigenvalue weighted by Gasteiger charge is 2.35. The number of aromatic hydroxyl groups is 2. The second kappa shape index (κ2) is 6.20. The van der Waals surface area contributed by atoms with Crippen molar-refractivity contribution in [2.45, 2.75) is 0 Å². The van der Waals surface area contributed by atoms with Crippen LogP contribution in [0.1, 0.15) is 31.8 Å². The van der Waals surface area contributed by atoms with Crippen molar-refractivity contribution in [1.82, 2.24) is 0 Å². The van der Waals surface area contributed by atoms with Crippen molar-refractivity contribution in [3.05, 3.63) is 87.0 Å². The highest BCUT2D eigenvalue weighted by Crippen LogP contribution is 2.39. The van der Waals surface area contributed by atoms with Gasteiger partial charge in [0.05, 0.1) is 16.2 Å². The van der Waals surface area contributed by atoms with Gasteiger partial charge in [-0.1, -0.05) is 18.2 Å². The molecule has 8 nitrogen and oxygen atoms in total. The van der Waals surface area contributed by atoms with Gasteiger partial charge in [0, 0.05) is 34.5 Å². The molecule has 4 rings (SSSR count). The minimum atomic E-state index is -0.655. The third kappa shape index (κ3) is 2.64. The number of phenols is 2. The Morgan fingerprint density at radius 2 is 1.43 bits per heavy atom. The topological polar surface area (TPSA) is 130 Å². The first-order valence-corrected chi connectivity index (χ1v) is 8.16. The number of carbonyl (C=O) groups is 2. The van der Waals surface area contributed by atoms with Crippen LogP contribution in [0.25, 0.3) is 0 Å². The number of nitrogens with zero attached hydrogens (tertiary/aromatic N) is 1. The lowest BCUT2D eigenvalue weighted by Gasteiger charge is -2.21. The molecule has 1 aliphatic carbocycles. The maximum Gasteiger partial charge on any atom is 0.272 e. The van der Waals surface area contributed by atoms with Gasteiger partial charge in [-0.15, -0.1) is 0 Å². The second-order valence-electron chi connectivity index (χ2n) is 6.21. The molecule has 0 saturated carbocycles. The zero-order valence-electron chi connectivity index (χ0n) is 14.2. The van der Waals surface area contributed by atoms with Crippen LogP contribution in [0.2, 0.25) is 0 Å². The van der Waals surface area contributed by atoms with E-state index < -0.39 is 28.0 Å². The Labute approximate surface area is 157 Å². The van der Waals surface area contributed by atoms with Crippen LogP contribution in [-0.4, -0.2) is 26.7 Å². The third-order valence-electron chi connectivity index (χ3n) is 4.46. The normalized spacial score (nSPS) is 12.3. The molecule has 0 fully saturated rings. The van der Waals surface area contributed by atoms with E-state index in [1.54, 1.807) is 30.3 Å². The Morgan fingerprint density at radius 1 is 0.821 bits per heavy atom. The van der Waals surface area contributed by atoms with Gasteiger partial charge in [-0.25, -0.2) is 0 Å². The van der Waals surface area contributed by atoms with E-state index in [9.17, 15) is 29.9 Å². The number of fused-ring (bicyclic) bond motifs is 2. The highest BCUT2D eigenvalue weighted by molar-refractivity contribution is 6.30. The van der Waals surface area contributed by atoms with E-state index in [4.69, 9.17) is 0 Å². The first kappa shape index (κ1) is 17.2. The van der Waals surface area contributed by atoms with E-state index >= 15 is 0 Å². The molecular weight excluding hydrogens is 364 g/mol. The number of rotatable bonds is 3. The summed E-state index contributed by atoms with van der Waals surface area (Å²) >= 11 is 0. The van der Waals surface area contributed by atoms with Gasteiger partial charge in [-0.05, 0) is 24.3 Å². The molecule has 0 atom stereocenters. The highest BCUT2D eigenvalue weighted by atomic mass is 16.6. The van der Waals surface area contributed by atoms with Crippen molar-refractivity contribution in [3.63, 3.8) is 0 Å². The van der Waals surface area contributed by atoms with Crippen molar-refractivity contribution in [3.8, 4) is 11.5 Å². The summed E-state index contributed by atoms with van der Waals surface area (Å²) in [6.45, 7) is 0. The van der Waals surface area contributed by atoms with Crippen molar-refractivity contribution in [2.75, 3.05) is 5.32 Å². The van der Waals surface area contributed by atoms with Gasteiger partial charge in [-0.2, -0.15) is 0 Å². The molecule has 3 aromatic carbocycles. The van der Waals surface area contributed by atoms with Crippen molar-refractivity contribution < 1.29 is 24.7 Å². The van der Waals surface area contributed by atoms with Crippen LogP contribution >= 0.6 is 0 Å². The summed E-state index contributed by atoms with van der Waals surface area (Å²) in [7, 11) is 0. The van der Waals surface area contributed by atoms with Crippen LogP contribution in [0.5, 0.6) is 11.5 Å². The summed E-state index contributed by atoms with van der Waals surface area (Å²) in [6.07, 6.45) is 0. The summed E-state index contributed by atoms with van der Waals surface area (Å²) in [5.74, 6) is -2.34. The van der Waals surface area contributed by atoms with Crippen LogP contribution in [-0.2, 0) is 0 Å². The number of ketones is 2. The van der Waals surface area contributed by atoms with Gasteiger partial charge in [0.15, 0.2) is 23.1 Å². The number of anilines is 2. The Balaban J connectivity index is 1.96. The second-order valence-corrected chi connectivity index (χ2v) is 6.21. The standard InChI is InChI=1S/C20H12N2O6/c23-16-8-12-13(9-17(16)24)20(26)18-14(19(12)25)6-11(22(27)28)7-15(18)21-10-4-2-1-3-5-10/h1-9,21,23-24H. The number of non-ortho nitro benzene ring substituents is 1. The molecule has 28 heavy (non-hydrogen) atoms. The quantitative estimate of drug-likeness (QED) is 0.283. The fourth-order valence-corrected chi connectivity index (χ4v) is 3.16. The number of hydrogen-bond donors (Lipinski definition) is 3. The lowest BCUT2D eigenvalue weighted by molar-refractivity contribution is -0.384. The molecule has 0 spiro atoms. The lowest BCUT2D eigenvalue weighted by Crippen LogP contribution is -2.22. The van der Waals surface area contributed by atoms with Gasteiger partial charge < -0.3 is 15.5 Å². The van der Waals surface area contributed by atoms with Crippen molar-refractivity contribution in [2.24, 2.45) is 0 Å². The van der Waals surface area contributed by atoms with E-state index in [0.717, 1.165) is 18.2 Å². The van der Waals surface area contributed by atoms with E-state index in [0.29, 0.717) is 5.69 Å². The van der Waals surface area contributed by atoms with Gasteiger partial charge in [-0.3, -0.25) is 19.7 Å². The first-order chi connectivity index (χ1) is 13.4. The molecule has 0 saturated heterocycles. The maximum absolute atomic E-state index is 13.1. The molecule has 8 heteroatoms. The van der Waals surface area contributed by atoms with E-state index in [1.807, 2.05) is 0 Å². The number of para-hydroxylation sites is 1. The molecule has 138 valence electrons. The summed E-state index contributed by atoms with van der Waals surface area (Å²) < 4.78 is 0. The fraction of sp³-hybridized carbons (Fsp3) is 0. The smallest absolute Gasteiger partial charge is 0.272 e. The van der Waals surface area contributed by atoms with Gasteiger partial charge in [0.25, 0.3) is 5.69 Å². The number of nitro groups is 1. The summed E-state index contributed by atoms with van der Waals surface area (Å²) in [5, 5.41) is 33.7. The SMILES string of the molecule is O=C1c2cc(O)c(O)cc2C(=O)c2c(Nc3ccccc3)cc([N+](=O)[O-])cc21. The molecule has 1 aliphatic rings. The van der Waals surface area contributed by atoms with Crippen LogP contribution in [0.15, 0.2) is 54.6 Å². The number of carbonyl (C=O) groups excluding carboxylic acids is 2. The number of hydrogen-bond acceptors (Lipinski definition) is 7. The maximum atomic E-state index is 13.1. The first-order valence-electron chi connectivity index (χ1n) is 8.16. The van der Waals surface area contributed by atoms with Gasteiger partial charge >= 0.3 is 0 Å². The minimum absolute atomic E-state index is 0.0305. The third-order valence-corrected chi connectivity index (χ3v) is 4.46. The van der Waals surface area contributed by atoms with E-state index in [-0.39, 0.29) is 33.6 Å². The molecule has 0 bridgehead atoms. The number of nitro benzene ring substituents is 1. The predicted molar refractivity (Wildman–Crippen MR) is 99.5 cm³/mol. The molecule has 0 unspecified atom stereocenters. The summed E-state index contributed by atoms with van der Waals surface area (Å²) in [6, 6.07) is 12.9. The zero-order chi connectivity index (χ0) is 20.0. The van der Waals surface area contributed by atoms with Crippen LogP contribution < -0.4 is 5.32 Å². The average Bonchev–Trinajstić information content (AvgIpc) is 2.68. The van der Waals surface area contributed by atoms with Crippen LogP contribution in [0, 0.1) is 10.1 Å². The van der Waals surface area contributed by atoms with Crippen LogP contribution in [0.3, 0.4) is 0 Å². The molecular formula is C20H12N2O6. The molecule has 0 heterocycles. The minimum Gasteiger partial charge on any atom is -0.504 e. The molecule has 0 aromatic heterocycles. The Kier molecular flexibility index (Phi) is 3.82. The van der Waals surface area contributed by atoms with Gasteiger partial charge in [0.2, 0.25) is 0 Å². The molecule has 3 aromatic rings. The van der Waals surface area contributed by atoms with E-state index in [1.165, 1.54) is 6.07 Å². The van der Waals surface area contributed by atoms with E-state index in [2.05, 4.69) is 5.32 Å². The summed E-state index contributed by atoms with van der Waals surface area (Å²) in [4.78, 5) is 36.6. The van der Waals surface area contributed by atoms with Crippen LogP contribution in [0.4, 0.5) is 17.1 Å². The Hall–Kier alpha value is -4.20. The summed E-state index contributed by atoms with van der Waals surface area (Å²) in [5.41, 5.74) is -0.0643. The average molecular weight is 376 g/mol. The Bertz CT molecular complexity index is 1170. The number of nitrogens with one attached hydrogen (secondary N) is 1. The molecule has 3 N–H and O–H groups in total. The zero-order valence-corrected chi connectivity index (χ0v) is 14.2. The fourth-order valence-electron chi connectivity index (χ4n) is 3.16. The van der Waals surface area contributed by atoms with Crippen molar-refractivity contribution in [1.29, 1.82) is 0 Å². The monoisotopic (exact) mass is 376 g/mol. The Morgan fingerprint density at radius 3 is 2.04 bits per heavy atom. The largest absolute Gasteiger partial charge is 0.504 e. The predicted octanol–water partition coefficient (Wildman–Crippen LogP) is 3.53. The molecule has 0 amide bonds. The van der Waals surface area contributed by atoms with Gasteiger partial charge in [0.1, 0.15) is 0 Å². The lowest BCUT2D eigenvalue weighted by atomic mass is 9.82. The molecule has 0 aliphatic heterocycles. The van der Waals surface area contributed by atoms with Crippen molar-refractivity contribution >= 4 is 28.6 Å². The number of benzene rings is 3. The number of phenolic OH excluding ortho intramolecular Hbond substituents is 2.